The Labute approximate surface area is 194 Å². The molecule has 0 saturated carbocycles. The quantitative estimate of drug-likeness (QED) is 0.478. The molecule has 2 aliphatic carbocycles. The van der Waals surface area contributed by atoms with Crippen molar-refractivity contribution in [1.29, 1.82) is 0 Å². The van der Waals surface area contributed by atoms with Gasteiger partial charge in [0.1, 0.15) is 5.76 Å². The zero-order valence-corrected chi connectivity index (χ0v) is 20.9. The second kappa shape index (κ2) is 10.8. The maximum Gasteiger partial charge on any atom is 0.120 e. The maximum atomic E-state index is 11.0. The Morgan fingerprint density at radius 1 is 1.00 bits per heavy atom. The summed E-state index contributed by atoms with van der Waals surface area (Å²) in [6.07, 6.45) is 7.07. The Kier molecular flexibility index (Phi) is 8.51. The average Bonchev–Trinajstić information content (AvgIpc) is 2.76. The van der Waals surface area contributed by atoms with Crippen molar-refractivity contribution in [3.8, 4) is 0 Å². The molecule has 0 amide bonds. The van der Waals surface area contributed by atoms with Gasteiger partial charge in [0.15, 0.2) is 0 Å². The molecule has 0 radical (unpaired) electrons. The van der Waals surface area contributed by atoms with Crippen molar-refractivity contribution in [3.05, 3.63) is 34.3 Å². The summed E-state index contributed by atoms with van der Waals surface area (Å²) in [5, 5.41) is 22.0. The molecule has 182 valence electrons. The van der Waals surface area contributed by atoms with E-state index in [2.05, 4.69) is 33.8 Å². The molecule has 0 aromatic carbocycles. The van der Waals surface area contributed by atoms with Gasteiger partial charge in [0.2, 0.25) is 0 Å². The van der Waals surface area contributed by atoms with Crippen LogP contribution in [0.25, 0.3) is 0 Å². The summed E-state index contributed by atoms with van der Waals surface area (Å²) in [5.74, 6) is 2.41. The largest absolute Gasteiger partial charge is 0.512 e. The fraction of sp³-hybridized carbons (Fsp3) is 0.778. The van der Waals surface area contributed by atoms with Crippen molar-refractivity contribution in [3.63, 3.8) is 0 Å². The van der Waals surface area contributed by atoms with Crippen LogP contribution in [0.4, 0.5) is 0 Å². The topological polar surface area (TPSA) is 68.2 Å². The highest BCUT2D eigenvalue weighted by atomic mass is 16.5. The lowest BCUT2D eigenvalue weighted by Crippen LogP contribution is -2.46. The first-order valence-electron chi connectivity index (χ1n) is 12.4. The highest BCUT2D eigenvalue weighted by Crippen LogP contribution is 2.56. The summed E-state index contributed by atoms with van der Waals surface area (Å²) in [6.45, 7) is 11.2. The van der Waals surface area contributed by atoms with Crippen molar-refractivity contribution < 1.29 is 24.4 Å². The van der Waals surface area contributed by atoms with Gasteiger partial charge in [0.25, 0.3) is 0 Å². The van der Waals surface area contributed by atoms with Gasteiger partial charge in [-0.05, 0) is 72.3 Å². The van der Waals surface area contributed by atoms with E-state index in [1.54, 1.807) is 14.2 Å². The van der Waals surface area contributed by atoms with Crippen LogP contribution >= 0.6 is 0 Å². The first-order valence-corrected chi connectivity index (χ1v) is 12.4. The van der Waals surface area contributed by atoms with E-state index in [1.165, 1.54) is 5.57 Å². The second-order valence-electron chi connectivity index (χ2n) is 10.7. The van der Waals surface area contributed by atoms with Gasteiger partial charge >= 0.3 is 0 Å². The lowest BCUT2D eigenvalue weighted by Gasteiger charge is -2.52. The number of hydrogen-bond donors (Lipinski definition) is 2. The molecule has 3 rings (SSSR count). The van der Waals surface area contributed by atoms with Crippen molar-refractivity contribution >= 4 is 0 Å². The summed E-state index contributed by atoms with van der Waals surface area (Å²) in [7, 11) is 3.41. The average molecular weight is 449 g/mol. The molecule has 1 saturated heterocycles. The van der Waals surface area contributed by atoms with E-state index in [9.17, 15) is 10.2 Å². The number of aliphatic hydroxyl groups excluding tert-OH is 2. The van der Waals surface area contributed by atoms with Gasteiger partial charge in [-0.3, -0.25) is 0 Å². The smallest absolute Gasteiger partial charge is 0.120 e. The monoisotopic (exact) mass is 448 g/mol. The van der Waals surface area contributed by atoms with Gasteiger partial charge in [-0.15, -0.1) is 0 Å². The van der Waals surface area contributed by atoms with E-state index < -0.39 is 0 Å². The molecule has 3 unspecified atom stereocenters. The van der Waals surface area contributed by atoms with E-state index in [4.69, 9.17) is 14.2 Å². The van der Waals surface area contributed by atoms with Crippen LogP contribution in [0.3, 0.4) is 0 Å². The Bertz CT molecular complexity index is 739. The van der Waals surface area contributed by atoms with Gasteiger partial charge in [-0.25, -0.2) is 0 Å². The van der Waals surface area contributed by atoms with Gasteiger partial charge < -0.3 is 24.4 Å². The number of ether oxygens (including phenoxy) is 3. The zero-order valence-electron chi connectivity index (χ0n) is 20.9. The number of aliphatic hydroxyl groups is 2. The van der Waals surface area contributed by atoms with Crippen LogP contribution in [-0.4, -0.2) is 50.9 Å². The summed E-state index contributed by atoms with van der Waals surface area (Å²) in [6, 6.07) is 0. The predicted octanol–water partition coefficient (Wildman–Crippen LogP) is 5.98. The minimum Gasteiger partial charge on any atom is -0.512 e. The van der Waals surface area contributed by atoms with Crippen LogP contribution < -0.4 is 0 Å². The van der Waals surface area contributed by atoms with Gasteiger partial charge in [0.05, 0.1) is 19.0 Å². The second-order valence-corrected chi connectivity index (χ2v) is 10.7. The minimum absolute atomic E-state index is 0.0513. The summed E-state index contributed by atoms with van der Waals surface area (Å²) in [5.41, 5.74) is 3.32. The molecular formula is C27H44O5. The molecule has 5 heteroatoms. The standard InChI is InChI=1S/C27H44O5/c1-17(2)23-13-21(11-19(15-30-5)25(23)28)27(7-9-32-10-8-27)22-12-20(16-31-6)26(29)24(14-22)18(3)4/h11,17-18,20-22,28-29H,7-10,12-16H2,1-6H3. The number of allylic oxidation sites excluding steroid dienone is 3. The summed E-state index contributed by atoms with van der Waals surface area (Å²) >= 11 is 0. The van der Waals surface area contributed by atoms with Crippen LogP contribution in [0, 0.1) is 35.0 Å². The Hall–Kier alpha value is -1.30. The summed E-state index contributed by atoms with van der Waals surface area (Å²) in [4.78, 5) is 0. The number of methoxy groups -OCH3 is 2. The van der Waals surface area contributed by atoms with E-state index in [1.807, 2.05) is 0 Å². The van der Waals surface area contributed by atoms with E-state index in [0.717, 1.165) is 56.5 Å². The molecule has 1 heterocycles. The molecule has 32 heavy (non-hydrogen) atoms. The lowest BCUT2D eigenvalue weighted by molar-refractivity contribution is -0.0585. The molecule has 2 N–H and O–H groups in total. The molecular weight excluding hydrogens is 404 g/mol. The van der Waals surface area contributed by atoms with E-state index >= 15 is 0 Å². The van der Waals surface area contributed by atoms with Crippen molar-refractivity contribution in [2.24, 2.45) is 35.0 Å². The third-order valence-electron chi connectivity index (χ3n) is 8.24. The van der Waals surface area contributed by atoms with Gasteiger partial charge in [0, 0.05) is 38.9 Å². The van der Waals surface area contributed by atoms with Crippen molar-refractivity contribution in [2.75, 3.05) is 40.6 Å². The predicted molar refractivity (Wildman–Crippen MR) is 128 cm³/mol. The first-order chi connectivity index (χ1) is 15.2. The molecule has 0 aromatic heterocycles. The van der Waals surface area contributed by atoms with Gasteiger partial charge in [-0.2, -0.15) is 0 Å². The molecule has 0 bridgehead atoms. The number of rotatable bonds is 8. The normalized spacial score (nSPS) is 29.1. The summed E-state index contributed by atoms with van der Waals surface area (Å²) < 4.78 is 16.8. The van der Waals surface area contributed by atoms with E-state index in [-0.39, 0.29) is 17.3 Å². The van der Waals surface area contributed by atoms with Crippen LogP contribution in [0.2, 0.25) is 0 Å². The van der Waals surface area contributed by atoms with Gasteiger partial charge in [-0.1, -0.05) is 33.8 Å². The molecule has 5 nitrogen and oxygen atoms in total. The molecule has 1 aliphatic heterocycles. The van der Waals surface area contributed by atoms with Crippen LogP contribution in [0.15, 0.2) is 34.3 Å². The highest BCUT2D eigenvalue weighted by molar-refractivity contribution is 5.37. The molecule has 0 aromatic rings. The zero-order chi connectivity index (χ0) is 23.5. The van der Waals surface area contributed by atoms with Crippen LogP contribution in [0.5, 0.6) is 0 Å². The lowest BCUT2D eigenvalue weighted by atomic mass is 9.54. The third kappa shape index (κ3) is 4.95. The molecule has 3 atom stereocenters. The Balaban J connectivity index is 2.03. The first kappa shape index (κ1) is 25.3. The van der Waals surface area contributed by atoms with Crippen molar-refractivity contribution in [1.82, 2.24) is 0 Å². The minimum atomic E-state index is 0.0513. The fourth-order valence-corrected chi connectivity index (χ4v) is 6.39. The third-order valence-corrected chi connectivity index (χ3v) is 8.24. The SMILES string of the molecule is COCC1=CC(C2(C3CC(C(C)C)=C(O)C(COC)C3)CCOCC2)CC(C(C)C)=C1O. The Morgan fingerprint density at radius 2 is 1.66 bits per heavy atom. The maximum absolute atomic E-state index is 11.0. The van der Waals surface area contributed by atoms with E-state index in [0.29, 0.717) is 42.5 Å². The van der Waals surface area contributed by atoms with Crippen LogP contribution in [-0.2, 0) is 14.2 Å². The molecule has 1 fully saturated rings. The van der Waals surface area contributed by atoms with Crippen molar-refractivity contribution in [2.45, 2.75) is 59.8 Å². The fourth-order valence-electron chi connectivity index (χ4n) is 6.39. The van der Waals surface area contributed by atoms with Crippen LogP contribution in [0.1, 0.15) is 59.8 Å². The molecule has 0 spiro atoms. The highest BCUT2D eigenvalue weighted by Gasteiger charge is 2.49. The molecule has 3 aliphatic rings. The number of hydrogen-bond acceptors (Lipinski definition) is 5. The Morgan fingerprint density at radius 3 is 2.22 bits per heavy atom.